The molecule has 0 unspecified atom stereocenters. The number of rotatable bonds is 7. The molecule has 1 saturated heterocycles. The van der Waals surface area contributed by atoms with Crippen LogP contribution in [0, 0.1) is 0 Å². The van der Waals surface area contributed by atoms with Gasteiger partial charge in [-0.15, -0.1) is 0 Å². The van der Waals surface area contributed by atoms with Crippen molar-refractivity contribution in [2.24, 2.45) is 7.05 Å². The van der Waals surface area contributed by atoms with Crippen molar-refractivity contribution >= 4 is 34.2 Å². The fourth-order valence-corrected chi connectivity index (χ4v) is 5.00. The second-order valence-corrected chi connectivity index (χ2v) is 10.6. The molecule has 8 nitrogen and oxygen atoms in total. The molecule has 4 rings (SSSR count). The number of aromatic amines is 1. The molecule has 1 aliphatic heterocycles. The SMILES string of the molecule is CC=CN1C[C@H](NC(=O)c2c(C(F)F)nc(CNc3n[nH]c4cc(Cl)c(C(C)(C)C)cc34)n2C)[C@@H](F)C1. The number of amides is 1. The Kier molecular flexibility index (Phi) is 7.45. The monoisotopic (exact) mass is 537 g/mol. The van der Waals surface area contributed by atoms with E-state index in [-0.39, 0.29) is 36.6 Å². The summed E-state index contributed by atoms with van der Waals surface area (Å²) in [4.78, 5) is 18.7. The Morgan fingerprint density at radius 1 is 1.32 bits per heavy atom. The lowest BCUT2D eigenvalue weighted by Crippen LogP contribution is -2.42. The number of hydrogen-bond acceptors (Lipinski definition) is 5. The molecule has 0 saturated carbocycles. The first-order valence-electron chi connectivity index (χ1n) is 12.0. The lowest BCUT2D eigenvalue weighted by atomic mass is 9.86. The maximum Gasteiger partial charge on any atom is 0.282 e. The van der Waals surface area contributed by atoms with Crippen molar-refractivity contribution in [3.05, 3.63) is 52.2 Å². The van der Waals surface area contributed by atoms with Gasteiger partial charge in [-0.2, -0.15) is 5.10 Å². The maximum absolute atomic E-state index is 14.4. The van der Waals surface area contributed by atoms with Crippen molar-refractivity contribution in [2.75, 3.05) is 18.4 Å². The number of hydrogen-bond donors (Lipinski definition) is 3. The Hall–Kier alpha value is -3.21. The largest absolute Gasteiger partial charge is 0.373 e. The quantitative estimate of drug-likeness (QED) is 0.391. The summed E-state index contributed by atoms with van der Waals surface area (Å²) >= 11 is 6.44. The molecule has 2 atom stereocenters. The normalized spacial score (nSPS) is 18.5. The summed E-state index contributed by atoms with van der Waals surface area (Å²) in [6, 6.07) is 2.92. The topological polar surface area (TPSA) is 90.9 Å². The molecular formula is C25H31ClF3N7O. The van der Waals surface area contributed by atoms with Crippen LogP contribution in [-0.2, 0) is 19.0 Å². The number of alkyl halides is 3. The lowest BCUT2D eigenvalue weighted by molar-refractivity contribution is 0.0899. The summed E-state index contributed by atoms with van der Waals surface area (Å²) in [6.45, 7) is 8.36. The second-order valence-electron chi connectivity index (χ2n) is 10.2. The molecule has 1 aliphatic rings. The predicted octanol–water partition coefficient (Wildman–Crippen LogP) is 5.08. The van der Waals surface area contributed by atoms with Crippen molar-refractivity contribution in [3.63, 3.8) is 0 Å². The summed E-state index contributed by atoms with van der Waals surface area (Å²) in [5, 5.41) is 14.3. The summed E-state index contributed by atoms with van der Waals surface area (Å²) in [5.74, 6) is -0.0818. The molecule has 3 N–H and O–H groups in total. The van der Waals surface area contributed by atoms with Crippen molar-refractivity contribution in [3.8, 4) is 0 Å². The number of likely N-dealkylation sites (tertiary alicyclic amines) is 1. The van der Waals surface area contributed by atoms with Crippen LogP contribution >= 0.6 is 11.6 Å². The Morgan fingerprint density at radius 3 is 2.70 bits per heavy atom. The molecule has 0 bridgehead atoms. The van der Waals surface area contributed by atoms with Gasteiger partial charge < -0.3 is 20.1 Å². The molecule has 200 valence electrons. The number of anilines is 1. The van der Waals surface area contributed by atoms with Gasteiger partial charge in [0.15, 0.2) is 5.82 Å². The molecular weight excluding hydrogens is 507 g/mol. The zero-order chi connectivity index (χ0) is 27.1. The molecule has 3 aromatic rings. The Bertz CT molecular complexity index is 1330. The van der Waals surface area contributed by atoms with Gasteiger partial charge in [-0.3, -0.25) is 9.89 Å². The summed E-state index contributed by atoms with van der Waals surface area (Å²) in [5.41, 5.74) is 0.517. The number of fused-ring (bicyclic) bond motifs is 1. The third-order valence-electron chi connectivity index (χ3n) is 6.46. The molecule has 3 heterocycles. The predicted molar refractivity (Wildman–Crippen MR) is 138 cm³/mol. The number of nitrogens with zero attached hydrogens (tertiary/aromatic N) is 4. The van der Waals surface area contributed by atoms with Gasteiger partial charge in [-0.25, -0.2) is 18.2 Å². The van der Waals surface area contributed by atoms with Gasteiger partial charge in [0, 0.05) is 24.0 Å². The van der Waals surface area contributed by atoms with Gasteiger partial charge >= 0.3 is 0 Å². The van der Waals surface area contributed by atoms with E-state index in [4.69, 9.17) is 11.6 Å². The van der Waals surface area contributed by atoms with Crippen LogP contribution < -0.4 is 10.6 Å². The van der Waals surface area contributed by atoms with E-state index < -0.39 is 30.2 Å². The lowest BCUT2D eigenvalue weighted by Gasteiger charge is -2.20. The van der Waals surface area contributed by atoms with Crippen LogP contribution in [0.4, 0.5) is 19.0 Å². The highest BCUT2D eigenvalue weighted by atomic mass is 35.5. The minimum atomic E-state index is -2.98. The Morgan fingerprint density at radius 2 is 2.05 bits per heavy atom. The second kappa shape index (κ2) is 10.3. The summed E-state index contributed by atoms with van der Waals surface area (Å²) < 4.78 is 43.5. The van der Waals surface area contributed by atoms with E-state index in [1.54, 1.807) is 23.2 Å². The standard InChI is InChI=1S/C25H31ClF3N7O/c1-6-7-36-11-16(27)18(12-36)31-24(37)21-20(22(28)29)32-19(35(21)5)10-30-23-13-8-14(25(2,3)4)15(26)9-17(13)33-34-23/h6-9,16,18,22H,10-12H2,1-5H3,(H,31,37)(H2,30,33,34)/t16-,18-/m0/s1. The highest BCUT2D eigenvalue weighted by Gasteiger charge is 2.35. The molecule has 1 fully saturated rings. The molecule has 1 amide bonds. The van der Waals surface area contributed by atoms with Crippen LogP contribution in [0.3, 0.4) is 0 Å². The van der Waals surface area contributed by atoms with Crippen molar-refractivity contribution in [2.45, 2.75) is 58.3 Å². The highest BCUT2D eigenvalue weighted by molar-refractivity contribution is 6.32. The number of aromatic nitrogens is 4. The number of carbonyl (C=O) groups excluding carboxylic acids is 1. The van der Waals surface area contributed by atoms with E-state index in [0.29, 0.717) is 10.8 Å². The van der Waals surface area contributed by atoms with E-state index in [9.17, 15) is 18.0 Å². The molecule has 1 aromatic carbocycles. The zero-order valence-electron chi connectivity index (χ0n) is 21.4. The van der Waals surface area contributed by atoms with E-state index in [2.05, 4.69) is 25.8 Å². The maximum atomic E-state index is 14.4. The average Bonchev–Trinajstić information content (AvgIpc) is 3.46. The zero-order valence-corrected chi connectivity index (χ0v) is 22.1. The van der Waals surface area contributed by atoms with E-state index in [0.717, 1.165) is 16.5 Å². The molecule has 0 radical (unpaired) electrons. The molecule has 2 aromatic heterocycles. The minimum Gasteiger partial charge on any atom is -0.373 e. The van der Waals surface area contributed by atoms with Crippen molar-refractivity contribution < 1.29 is 18.0 Å². The molecule has 0 spiro atoms. The summed E-state index contributed by atoms with van der Waals surface area (Å²) in [6.07, 6.45) is -0.793. The van der Waals surface area contributed by atoms with Gasteiger partial charge in [-0.1, -0.05) is 38.4 Å². The van der Waals surface area contributed by atoms with Gasteiger partial charge in [-0.05, 0) is 36.2 Å². The van der Waals surface area contributed by atoms with Crippen molar-refractivity contribution in [1.82, 2.24) is 30.0 Å². The minimum absolute atomic E-state index is 0.0289. The smallest absolute Gasteiger partial charge is 0.282 e. The first-order chi connectivity index (χ1) is 17.4. The highest BCUT2D eigenvalue weighted by Crippen LogP contribution is 2.35. The Labute approximate surface area is 218 Å². The number of nitrogens with one attached hydrogen (secondary N) is 3. The van der Waals surface area contributed by atoms with Crippen LogP contribution in [0.25, 0.3) is 10.9 Å². The van der Waals surface area contributed by atoms with Gasteiger partial charge in [0.05, 0.1) is 24.6 Å². The fraction of sp³-hybridized carbons (Fsp3) is 0.480. The average molecular weight is 538 g/mol. The van der Waals surface area contributed by atoms with Crippen LogP contribution in [0.5, 0.6) is 0 Å². The van der Waals surface area contributed by atoms with Crippen LogP contribution in [-0.4, -0.2) is 55.9 Å². The first kappa shape index (κ1) is 26.8. The number of allylic oxidation sites excluding steroid dienone is 1. The Balaban J connectivity index is 1.56. The van der Waals surface area contributed by atoms with Crippen LogP contribution in [0.1, 0.15) is 61.7 Å². The molecule has 0 aliphatic carbocycles. The van der Waals surface area contributed by atoms with Gasteiger partial charge in [0.25, 0.3) is 12.3 Å². The van der Waals surface area contributed by atoms with E-state index >= 15 is 0 Å². The van der Waals surface area contributed by atoms with E-state index in [1.165, 1.54) is 11.6 Å². The van der Waals surface area contributed by atoms with Crippen molar-refractivity contribution in [1.29, 1.82) is 0 Å². The number of halogens is 4. The molecule has 37 heavy (non-hydrogen) atoms. The number of H-pyrrole nitrogens is 1. The molecule has 12 heteroatoms. The fourth-order valence-electron chi connectivity index (χ4n) is 4.56. The third kappa shape index (κ3) is 5.41. The van der Waals surface area contributed by atoms with Crippen LogP contribution in [0.15, 0.2) is 24.4 Å². The van der Waals surface area contributed by atoms with Crippen LogP contribution in [0.2, 0.25) is 5.02 Å². The van der Waals surface area contributed by atoms with Gasteiger partial charge in [0.2, 0.25) is 0 Å². The number of carbonyl (C=O) groups is 1. The number of imidazole rings is 1. The van der Waals surface area contributed by atoms with E-state index in [1.807, 2.05) is 33.8 Å². The number of benzene rings is 1. The summed E-state index contributed by atoms with van der Waals surface area (Å²) in [7, 11) is 1.48. The van der Waals surface area contributed by atoms with Gasteiger partial charge in [0.1, 0.15) is 23.4 Å². The third-order valence-corrected chi connectivity index (χ3v) is 6.77. The first-order valence-corrected chi connectivity index (χ1v) is 12.4.